The smallest absolute Gasteiger partial charge is 0.789 e. The van der Waals surface area contributed by atoms with Gasteiger partial charge in [-0.1, -0.05) is 0 Å². The van der Waals surface area contributed by atoms with Crippen molar-refractivity contribution in [3.05, 3.63) is 0 Å². The van der Waals surface area contributed by atoms with Crippen LogP contribution in [0, 0.1) is 11.1 Å². The van der Waals surface area contributed by atoms with Gasteiger partial charge in [-0.15, -0.1) is 0 Å². The molecule has 0 aliphatic rings. The molecule has 0 bridgehead atoms. The Morgan fingerprint density at radius 2 is 2.00 bits per heavy atom. The number of hydrogen-bond acceptors (Lipinski definition) is 3. The molecule has 0 aliphatic carbocycles. The molecular formula is C2H3NNaO2P. The second kappa shape index (κ2) is 3.65. The molecule has 0 aliphatic heterocycles. The molecule has 1 atom stereocenters. The number of rotatable bonds is 0. The molecule has 0 aromatic rings. The molecule has 0 radical (unpaired) electrons. The monoisotopic (exact) mass is 127 g/mol. The first-order valence-electron chi connectivity index (χ1n) is 1.26. The standard InChI is InChI=1S/C2H4NO2P.Na/c1-6(4,5)2-3;/h1H3,(H,4,5);/q;+1/p-1. The van der Waals surface area contributed by atoms with Crippen LogP contribution in [-0.2, 0) is 4.57 Å². The van der Waals surface area contributed by atoms with Gasteiger partial charge in [-0.2, -0.15) is 5.26 Å². The van der Waals surface area contributed by atoms with Crippen LogP contribution >= 0.6 is 7.37 Å². The van der Waals surface area contributed by atoms with Crippen molar-refractivity contribution in [3.8, 4) is 5.81 Å². The minimum absolute atomic E-state index is 0. The van der Waals surface area contributed by atoms with Crippen LogP contribution in [0.25, 0.3) is 0 Å². The average molecular weight is 127 g/mol. The first kappa shape index (κ1) is 10.6. The van der Waals surface area contributed by atoms with Gasteiger partial charge in [0.25, 0.3) is 0 Å². The quantitative estimate of drug-likeness (QED) is 0.253. The fourth-order valence-corrected chi connectivity index (χ4v) is 0. The van der Waals surface area contributed by atoms with Gasteiger partial charge in [-0.25, -0.2) is 0 Å². The minimum Gasteiger partial charge on any atom is -0.789 e. The molecule has 0 heterocycles. The zero-order chi connectivity index (χ0) is 5.21. The van der Waals surface area contributed by atoms with Crippen LogP contribution < -0.4 is 34.5 Å². The molecular weight excluding hydrogens is 124 g/mol. The number of hydrogen-bond donors (Lipinski definition) is 0. The number of nitrogens with zero attached hydrogens (tertiary/aromatic N) is 1. The zero-order valence-electron chi connectivity index (χ0n) is 4.21. The van der Waals surface area contributed by atoms with Gasteiger partial charge in [0.2, 0.25) is 0 Å². The fourth-order valence-electron chi connectivity index (χ4n) is 0. The minimum atomic E-state index is -3.59. The molecule has 0 amide bonds. The van der Waals surface area contributed by atoms with E-state index in [4.69, 9.17) is 5.26 Å². The van der Waals surface area contributed by atoms with Crippen molar-refractivity contribution in [2.24, 2.45) is 0 Å². The van der Waals surface area contributed by atoms with E-state index in [2.05, 4.69) is 0 Å². The summed E-state index contributed by atoms with van der Waals surface area (Å²) >= 11 is 0. The summed E-state index contributed by atoms with van der Waals surface area (Å²) < 4.78 is 9.67. The van der Waals surface area contributed by atoms with Crippen LogP contribution in [0.2, 0.25) is 0 Å². The molecule has 0 saturated heterocycles. The van der Waals surface area contributed by atoms with E-state index in [0.29, 0.717) is 0 Å². The van der Waals surface area contributed by atoms with Gasteiger partial charge >= 0.3 is 29.6 Å². The third-order valence-electron chi connectivity index (χ3n) is 0.182. The normalized spacial score (nSPS) is 15.6. The SMILES string of the molecule is CP(=O)([O-])C#N.[Na+]. The molecule has 1 unspecified atom stereocenters. The molecule has 0 aromatic carbocycles. The third-order valence-corrected chi connectivity index (χ3v) is 0.545. The Hall–Kier alpha value is 0.680. The molecule has 3 nitrogen and oxygen atoms in total. The predicted molar refractivity (Wildman–Crippen MR) is 19.1 cm³/mol. The molecule has 34 valence electrons. The Balaban J connectivity index is 0. The second-order valence-corrected chi connectivity index (χ2v) is 2.84. The molecule has 5 heteroatoms. The summed E-state index contributed by atoms with van der Waals surface area (Å²) in [4.78, 5) is 9.67. The van der Waals surface area contributed by atoms with Gasteiger partial charge in [-0.05, 0) is 6.66 Å². The zero-order valence-corrected chi connectivity index (χ0v) is 7.11. The van der Waals surface area contributed by atoms with E-state index >= 15 is 0 Å². The fraction of sp³-hybridized carbons (Fsp3) is 0.500. The van der Waals surface area contributed by atoms with Gasteiger partial charge in [0, 0.05) is 0 Å². The maximum absolute atomic E-state index is 9.67. The Labute approximate surface area is 64.1 Å². The van der Waals surface area contributed by atoms with Crippen LogP contribution in [0.3, 0.4) is 0 Å². The summed E-state index contributed by atoms with van der Waals surface area (Å²) in [7, 11) is -3.59. The largest absolute Gasteiger partial charge is 1.00 e. The Kier molecular flexibility index (Phi) is 5.54. The van der Waals surface area contributed by atoms with Gasteiger partial charge in [0.1, 0.15) is 13.2 Å². The van der Waals surface area contributed by atoms with E-state index in [1.807, 2.05) is 0 Å². The maximum atomic E-state index is 9.67. The summed E-state index contributed by atoms with van der Waals surface area (Å²) in [6.07, 6.45) is 0. The van der Waals surface area contributed by atoms with Crippen molar-refractivity contribution >= 4 is 7.37 Å². The van der Waals surface area contributed by atoms with Crippen LogP contribution in [-0.4, -0.2) is 6.66 Å². The first-order chi connectivity index (χ1) is 2.56. The first-order valence-corrected chi connectivity index (χ1v) is 3.33. The average Bonchev–Trinajstić information content (AvgIpc) is 1.35. The van der Waals surface area contributed by atoms with Crippen molar-refractivity contribution in [2.75, 3.05) is 6.66 Å². The van der Waals surface area contributed by atoms with E-state index in [1.165, 1.54) is 0 Å². The van der Waals surface area contributed by atoms with Crippen molar-refractivity contribution in [2.45, 2.75) is 0 Å². The summed E-state index contributed by atoms with van der Waals surface area (Å²) in [5.74, 6) is 1.10. The van der Waals surface area contributed by atoms with Crippen molar-refractivity contribution < 1.29 is 39.0 Å². The van der Waals surface area contributed by atoms with E-state index in [-0.39, 0.29) is 29.6 Å². The van der Waals surface area contributed by atoms with Crippen molar-refractivity contribution in [1.29, 1.82) is 5.26 Å². The number of nitriles is 1. The van der Waals surface area contributed by atoms with Crippen LogP contribution in [0.4, 0.5) is 0 Å². The third kappa shape index (κ3) is 10.8. The summed E-state index contributed by atoms with van der Waals surface area (Å²) in [5, 5.41) is 7.58. The molecule has 0 saturated carbocycles. The van der Waals surface area contributed by atoms with Crippen LogP contribution in [0.15, 0.2) is 0 Å². The van der Waals surface area contributed by atoms with Gasteiger partial charge in [0.05, 0.1) is 0 Å². The van der Waals surface area contributed by atoms with Gasteiger partial charge in [0.15, 0.2) is 0 Å². The Morgan fingerprint density at radius 3 is 2.00 bits per heavy atom. The summed E-state index contributed by atoms with van der Waals surface area (Å²) in [6.45, 7) is 0.882. The van der Waals surface area contributed by atoms with E-state index in [9.17, 15) is 9.46 Å². The van der Waals surface area contributed by atoms with Crippen LogP contribution in [0.5, 0.6) is 0 Å². The Morgan fingerprint density at radius 1 is 1.86 bits per heavy atom. The van der Waals surface area contributed by atoms with Gasteiger partial charge < -0.3 is 9.46 Å². The van der Waals surface area contributed by atoms with Crippen molar-refractivity contribution in [3.63, 3.8) is 0 Å². The molecule has 0 rings (SSSR count). The van der Waals surface area contributed by atoms with E-state index < -0.39 is 7.37 Å². The van der Waals surface area contributed by atoms with E-state index in [1.54, 1.807) is 0 Å². The van der Waals surface area contributed by atoms with Crippen molar-refractivity contribution in [1.82, 2.24) is 0 Å². The Bertz CT molecular complexity index is 122. The molecule has 0 fully saturated rings. The summed E-state index contributed by atoms with van der Waals surface area (Å²) in [6, 6.07) is 0. The van der Waals surface area contributed by atoms with E-state index in [0.717, 1.165) is 12.5 Å². The van der Waals surface area contributed by atoms with Gasteiger partial charge in [-0.3, -0.25) is 0 Å². The topological polar surface area (TPSA) is 63.9 Å². The molecule has 7 heavy (non-hydrogen) atoms. The van der Waals surface area contributed by atoms with Crippen LogP contribution in [0.1, 0.15) is 0 Å². The molecule has 0 spiro atoms. The predicted octanol–water partition coefficient (Wildman–Crippen LogP) is -3.26. The molecule has 0 aromatic heterocycles. The molecule has 0 N–H and O–H groups in total. The second-order valence-electron chi connectivity index (χ2n) is 0.946. The summed E-state index contributed by atoms with van der Waals surface area (Å²) in [5.41, 5.74) is 0. The maximum Gasteiger partial charge on any atom is 1.00 e.